The van der Waals surface area contributed by atoms with Gasteiger partial charge < -0.3 is 4.57 Å². The smallest absolute Gasteiger partial charge is 0.303 e. The monoisotopic (exact) mass is 236 g/mol. The zero-order valence-electron chi connectivity index (χ0n) is 8.92. The third kappa shape index (κ3) is 2.14. The molecule has 4 nitrogen and oxygen atoms in total. The summed E-state index contributed by atoms with van der Waals surface area (Å²) in [5.74, 6) is 0. The van der Waals surface area contributed by atoms with Crippen LogP contribution in [0.15, 0.2) is 39.4 Å². The topological polar surface area (TPSA) is 44.0 Å². The summed E-state index contributed by atoms with van der Waals surface area (Å²) < 4.78 is 2.68. The standard InChI is InChI=1S/C11H12N2O2S/c1-12-6-5-10(14)13(11(12)15)7-4-9-3-2-8-16-9/h2-3,5-6,8H,4,7H2,1H3. The molecule has 0 radical (unpaired) electrons. The molecule has 16 heavy (non-hydrogen) atoms. The highest BCUT2D eigenvalue weighted by Gasteiger charge is 2.03. The van der Waals surface area contributed by atoms with Crippen molar-refractivity contribution >= 4 is 11.3 Å². The van der Waals surface area contributed by atoms with Crippen molar-refractivity contribution in [3.05, 3.63) is 55.5 Å². The number of hydrogen-bond acceptors (Lipinski definition) is 3. The summed E-state index contributed by atoms with van der Waals surface area (Å²) >= 11 is 1.63. The number of hydrogen-bond donors (Lipinski definition) is 0. The van der Waals surface area contributed by atoms with Crippen LogP contribution in [0.1, 0.15) is 4.88 Å². The Morgan fingerprint density at radius 2 is 2.12 bits per heavy atom. The summed E-state index contributed by atoms with van der Waals surface area (Å²) in [6, 6.07) is 5.38. The zero-order chi connectivity index (χ0) is 11.5. The first-order valence-corrected chi connectivity index (χ1v) is 5.85. The molecule has 0 aromatic carbocycles. The van der Waals surface area contributed by atoms with Crippen LogP contribution in [0, 0.1) is 0 Å². The Balaban J connectivity index is 2.25. The molecule has 0 atom stereocenters. The fraction of sp³-hybridized carbons (Fsp3) is 0.273. The fourth-order valence-corrected chi connectivity index (χ4v) is 2.19. The number of thiophene rings is 1. The fourth-order valence-electron chi connectivity index (χ4n) is 1.50. The summed E-state index contributed by atoms with van der Waals surface area (Å²) in [7, 11) is 1.64. The molecule has 2 aromatic heterocycles. The molecule has 0 aliphatic carbocycles. The van der Waals surface area contributed by atoms with Gasteiger partial charge in [-0.2, -0.15) is 0 Å². The van der Waals surface area contributed by atoms with Gasteiger partial charge in [-0.25, -0.2) is 4.79 Å². The molecule has 0 unspecified atom stereocenters. The molecule has 0 saturated carbocycles. The lowest BCUT2D eigenvalue weighted by Gasteiger charge is -2.04. The minimum Gasteiger partial charge on any atom is -0.303 e. The second-order valence-corrected chi connectivity index (χ2v) is 4.56. The van der Waals surface area contributed by atoms with Gasteiger partial charge in [0.25, 0.3) is 5.56 Å². The van der Waals surface area contributed by atoms with Gasteiger partial charge in [0.15, 0.2) is 0 Å². The maximum atomic E-state index is 11.7. The lowest BCUT2D eigenvalue weighted by Crippen LogP contribution is -2.38. The Kier molecular flexibility index (Phi) is 3.05. The number of aromatic nitrogens is 2. The van der Waals surface area contributed by atoms with Crippen LogP contribution in [0.25, 0.3) is 0 Å². The summed E-state index contributed by atoms with van der Waals surface area (Å²) in [4.78, 5) is 24.4. The van der Waals surface area contributed by atoms with E-state index in [1.807, 2.05) is 17.5 Å². The molecular weight excluding hydrogens is 224 g/mol. The van der Waals surface area contributed by atoms with Gasteiger partial charge in [-0.3, -0.25) is 9.36 Å². The highest BCUT2D eigenvalue weighted by Crippen LogP contribution is 2.08. The van der Waals surface area contributed by atoms with E-state index in [2.05, 4.69) is 0 Å². The van der Waals surface area contributed by atoms with Gasteiger partial charge in [0, 0.05) is 30.7 Å². The molecule has 0 bridgehead atoms. The Morgan fingerprint density at radius 1 is 1.31 bits per heavy atom. The maximum absolute atomic E-state index is 11.7. The Hall–Kier alpha value is -1.62. The lowest BCUT2D eigenvalue weighted by molar-refractivity contribution is 0.592. The van der Waals surface area contributed by atoms with Gasteiger partial charge in [0.1, 0.15) is 0 Å². The molecule has 0 aliphatic rings. The molecule has 2 heterocycles. The highest BCUT2D eigenvalue weighted by atomic mass is 32.1. The molecule has 0 N–H and O–H groups in total. The second-order valence-electron chi connectivity index (χ2n) is 3.53. The quantitative estimate of drug-likeness (QED) is 0.793. The molecule has 0 amide bonds. The molecule has 2 aromatic rings. The van der Waals surface area contributed by atoms with Crippen LogP contribution in [0.3, 0.4) is 0 Å². The average Bonchev–Trinajstić information content (AvgIpc) is 2.77. The van der Waals surface area contributed by atoms with Crippen molar-refractivity contribution in [3.63, 3.8) is 0 Å². The van der Waals surface area contributed by atoms with Gasteiger partial charge in [0.2, 0.25) is 0 Å². The van der Waals surface area contributed by atoms with Crippen LogP contribution in [-0.4, -0.2) is 9.13 Å². The van der Waals surface area contributed by atoms with Crippen molar-refractivity contribution in [1.82, 2.24) is 9.13 Å². The molecule has 0 aliphatic heterocycles. The minimum atomic E-state index is -0.260. The molecule has 0 spiro atoms. The van der Waals surface area contributed by atoms with Crippen molar-refractivity contribution < 1.29 is 0 Å². The average molecular weight is 236 g/mol. The Bertz CT molecular complexity index is 581. The first-order valence-electron chi connectivity index (χ1n) is 4.97. The first-order chi connectivity index (χ1) is 7.68. The zero-order valence-corrected chi connectivity index (χ0v) is 9.74. The predicted molar refractivity (Wildman–Crippen MR) is 64.0 cm³/mol. The Labute approximate surface area is 96.4 Å². The normalized spacial score (nSPS) is 10.6. The van der Waals surface area contributed by atoms with Crippen molar-refractivity contribution in [3.8, 4) is 0 Å². The van der Waals surface area contributed by atoms with Crippen LogP contribution < -0.4 is 11.2 Å². The molecule has 84 valence electrons. The molecular formula is C11H12N2O2S. The molecule has 2 rings (SSSR count). The van der Waals surface area contributed by atoms with E-state index in [4.69, 9.17) is 0 Å². The van der Waals surface area contributed by atoms with Crippen LogP contribution in [0.2, 0.25) is 0 Å². The van der Waals surface area contributed by atoms with E-state index in [9.17, 15) is 9.59 Å². The van der Waals surface area contributed by atoms with E-state index in [-0.39, 0.29) is 11.2 Å². The van der Waals surface area contributed by atoms with Gasteiger partial charge in [0.05, 0.1) is 0 Å². The van der Waals surface area contributed by atoms with Crippen LogP contribution in [-0.2, 0) is 20.0 Å². The van der Waals surface area contributed by atoms with Gasteiger partial charge >= 0.3 is 5.69 Å². The van der Waals surface area contributed by atoms with Crippen LogP contribution in [0.4, 0.5) is 0 Å². The first kappa shape index (κ1) is 10.9. The van der Waals surface area contributed by atoms with E-state index < -0.39 is 0 Å². The van der Waals surface area contributed by atoms with Gasteiger partial charge in [-0.15, -0.1) is 11.3 Å². The van der Waals surface area contributed by atoms with Crippen LogP contribution in [0.5, 0.6) is 0 Å². The summed E-state index contributed by atoms with van der Waals surface area (Å²) in [6.45, 7) is 0.437. The SMILES string of the molecule is Cn1ccc(=O)n(CCc2cccs2)c1=O. The third-order valence-electron chi connectivity index (χ3n) is 2.40. The summed E-state index contributed by atoms with van der Waals surface area (Å²) in [5, 5.41) is 1.99. The maximum Gasteiger partial charge on any atom is 0.330 e. The van der Waals surface area contributed by atoms with Crippen LogP contribution >= 0.6 is 11.3 Å². The van der Waals surface area contributed by atoms with E-state index in [0.717, 1.165) is 6.42 Å². The largest absolute Gasteiger partial charge is 0.330 e. The minimum absolute atomic E-state index is 0.236. The van der Waals surface area contributed by atoms with Crippen molar-refractivity contribution in [2.24, 2.45) is 7.05 Å². The van der Waals surface area contributed by atoms with Gasteiger partial charge in [-0.05, 0) is 17.9 Å². The van der Waals surface area contributed by atoms with Crippen molar-refractivity contribution in [2.75, 3.05) is 0 Å². The Morgan fingerprint density at radius 3 is 2.81 bits per heavy atom. The van der Waals surface area contributed by atoms with Crippen molar-refractivity contribution in [2.45, 2.75) is 13.0 Å². The molecule has 0 fully saturated rings. The number of nitrogens with zero attached hydrogens (tertiary/aromatic N) is 2. The number of rotatable bonds is 3. The molecule has 5 heteroatoms. The highest BCUT2D eigenvalue weighted by molar-refractivity contribution is 7.09. The van der Waals surface area contributed by atoms with Gasteiger partial charge in [-0.1, -0.05) is 6.07 Å². The summed E-state index contributed by atoms with van der Waals surface area (Å²) in [6.07, 6.45) is 2.21. The van der Waals surface area contributed by atoms with E-state index >= 15 is 0 Å². The van der Waals surface area contributed by atoms with E-state index in [1.165, 1.54) is 26.3 Å². The number of aryl methyl sites for hydroxylation is 2. The predicted octanol–water partition coefficient (Wildman–Crippen LogP) is 0.851. The summed E-state index contributed by atoms with van der Waals surface area (Å²) in [5.41, 5.74) is -0.497. The molecule has 0 saturated heterocycles. The van der Waals surface area contributed by atoms with E-state index in [1.54, 1.807) is 18.4 Å². The second kappa shape index (κ2) is 4.49. The van der Waals surface area contributed by atoms with Crippen molar-refractivity contribution in [1.29, 1.82) is 0 Å². The van der Waals surface area contributed by atoms with E-state index in [0.29, 0.717) is 6.54 Å². The lowest BCUT2D eigenvalue weighted by atomic mass is 10.3. The third-order valence-corrected chi connectivity index (χ3v) is 3.34.